The van der Waals surface area contributed by atoms with Gasteiger partial charge in [0, 0.05) is 64.0 Å². The number of fused-ring (bicyclic) bond motifs is 1. The molecule has 4 rings (SSSR count). The SMILES string of the molecule is CCCN1C[C@H](C)C[C@@](C)(OC)[C@H](O[C@@H]2O[C@H](C)C[C@H](N(C)C)[C@H]2O)[C@@H](C)C(=O)C(C)(C)C(=O)OC[C@H]1CNCN1CCc2[nH]c(=O)[nH]c(=O)c2C1. The Morgan fingerprint density at radius 1 is 1.10 bits per heavy atom. The van der Waals surface area contributed by atoms with E-state index in [1.807, 2.05) is 32.8 Å². The average Bonchev–Trinajstić information content (AvgIpc) is 3.08. The number of likely N-dealkylation sites (N-methyl/N-ethyl adjacent to an activating group) is 1. The lowest BCUT2D eigenvalue weighted by Crippen LogP contribution is -2.59. The van der Waals surface area contributed by atoms with E-state index in [4.69, 9.17) is 18.9 Å². The first kappa shape index (κ1) is 42.2. The van der Waals surface area contributed by atoms with Crippen molar-refractivity contribution in [1.82, 2.24) is 30.0 Å². The van der Waals surface area contributed by atoms with E-state index in [2.05, 4.69) is 38.9 Å². The maximum absolute atomic E-state index is 14.3. The fourth-order valence-electron chi connectivity index (χ4n) is 8.26. The number of Topliss-reactive ketones (excluding diaryl/α,β-unsaturated/α-hetero) is 1. The van der Waals surface area contributed by atoms with Crippen LogP contribution >= 0.6 is 0 Å². The molecule has 4 heterocycles. The molecule has 296 valence electrons. The first-order chi connectivity index (χ1) is 24.4. The van der Waals surface area contributed by atoms with Crippen LogP contribution in [0.2, 0.25) is 0 Å². The van der Waals surface area contributed by atoms with Crippen LogP contribution in [-0.2, 0) is 41.5 Å². The van der Waals surface area contributed by atoms with Crippen molar-refractivity contribution in [2.75, 3.05) is 60.7 Å². The fourth-order valence-corrected chi connectivity index (χ4v) is 8.26. The topological polar surface area (TPSA) is 179 Å². The first-order valence-electron chi connectivity index (χ1n) is 18.8. The average molecular weight is 737 g/mol. The quantitative estimate of drug-likeness (QED) is 0.198. The highest BCUT2D eigenvalue weighted by atomic mass is 16.7. The summed E-state index contributed by atoms with van der Waals surface area (Å²) in [4.78, 5) is 63.8. The number of aliphatic hydroxyl groups excluding tert-OH is 1. The first-order valence-corrected chi connectivity index (χ1v) is 18.8. The van der Waals surface area contributed by atoms with Gasteiger partial charge in [0.2, 0.25) is 0 Å². The second kappa shape index (κ2) is 17.8. The van der Waals surface area contributed by atoms with E-state index in [1.54, 1.807) is 27.9 Å². The molecule has 4 N–H and O–H groups in total. The van der Waals surface area contributed by atoms with Crippen LogP contribution in [0.1, 0.15) is 79.0 Å². The van der Waals surface area contributed by atoms with Crippen molar-refractivity contribution < 1.29 is 33.6 Å². The highest BCUT2D eigenvalue weighted by Crippen LogP contribution is 2.38. The van der Waals surface area contributed by atoms with Crippen molar-refractivity contribution >= 4 is 11.8 Å². The Balaban J connectivity index is 1.59. The molecule has 0 unspecified atom stereocenters. The number of rotatable bonds is 10. The van der Waals surface area contributed by atoms with Crippen LogP contribution in [0.15, 0.2) is 9.59 Å². The summed E-state index contributed by atoms with van der Waals surface area (Å²) in [5.74, 6) is -1.71. The number of H-pyrrole nitrogens is 2. The Kier molecular flexibility index (Phi) is 14.4. The van der Waals surface area contributed by atoms with Crippen molar-refractivity contribution in [2.24, 2.45) is 17.3 Å². The number of ketones is 1. The lowest BCUT2D eigenvalue weighted by atomic mass is 9.74. The second-order valence-corrected chi connectivity index (χ2v) is 16.3. The van der Waals surface area contributed by atoms with Crippen LogP contribution in [-0.4, -0.2) is 144 Å². The summed E-state index contributed by atoms with van der Waals surface area (Å²) in [6, 6.07) is -0.413. The molecule has 3 aliphatic rings. The number of esters is 1. The Bertz CT molecular complexity index is 1480. The number of carbonyl (C=O) groups excluding carboxylic acids is 2. The second-order valence-electron chi connectivity index (χ2n) is 16.3. The molecule has 3 aliphatic heterocycles. The van der Waals surface area contributed by atoms with Crippen LogP contribution in [0.3, 0.4) is 0 Å². The molecule has 0 amide bonds. The van der Waals surface area contributed by atoms with Crippen LogP contribution in [0.5, 0.6) is 0 Å². The van der Waals surface area contributed by atoms with E-state index in [9.17, 15) is 24.3 Å². The number of ether oxygens (including phenoxy) is 4. The van der Waals surface area contributed by atoms with Gasteiger partial charge < -0.3 is 39.3 Å². The Morgan fingerprint density at radius 3 is 2.46 bits per heavy atom. The van der Waals surface area contributed by atoms with Gasteiger partial charge in [-0.05, 0) is 73.5 Å². The fraction of sp³-hybridized carbons (Fsp3) is 0.838. The molecule has 52 heavy (non-hydrogen) atoms. The third kappa shape index (κ3) is 9.78. The predicted molar refractivity (Wildman–Crippen MR) is 196 cm³/mol. The summed E-state index contributed by atoms with van der Waals surface area (Å²) < 4.78 is 25.1. The van der Waals surface area contributed by atoms with Crippen LogP contribution < -0.4 is 16.6 Å². The summed E-state index contributed by atoms with van der Waals surface area (Å²) in [5.41, 5.74) is -2.11. The Labute approximate surface area is 308 Å². The van der Waals surface area contributed by atoms with Gasteiger partial charge in [0.05, 0.1) is 29.4 Å². The number of cyclic esters (lactones) is 1. The molecule has 0 aliphatic carbocycles. The van der Waals surface area contributed by atoms with Crippen molar-refractivity contribution in [3.8, 4) is 0 Å². The molecule has 2 saturated heterocycles. The molecule has 9 atom stereocenters. The number of methoxy groups -OCH3 is 1. The number of hydrogen-bond acceptors (Lipinski definition) is 13. The monoisotopic (exact) mass is 736 g/mol. The minimum absolute atomic E-state index is 0.0648. The van der Waals surface area contributed by atoms with Crippen molar-refractivity contribution in [3.63, 3.8) is 0 Å². The molecular weight excluding hydrogens is 672 g/mol. The number of aliphatic hydroxyl groups is 1. The molecule has 15 nitrogen and oxygen atoms in total. The number of aromatic nitrogens is 2. The van der Waals surface area contributed by atoms with Gasteiger partial charge in [0.15, 0.2) is 12.1 Å². The van der Waals surface area contributed by atoms with E-state index >= 15 is 0 Å². The third-order valence-electron chi connectivity index (χ3n) is 11.3. The molecule has 1 aromatic rings. The summed E-state index contributed by atoms with van der Waals surface area (Å²) in [6.45, 7) is 16.6. The Hall–Kier alpha value is -2.50. The summed E-state index contributed by atoms with van der Waals surface area (Å²) in [7, 11) is 5.43. The number of nitrogens with one attached hydrogen (secondary N) is 3. The zero-order valence-electron chi connectivity index (χ0n) is 33.0. The number of hydrogen-bond donors (Lipinski definition) is 4. The zero-order chi connectivity index (χ0) is 38.5. The molecule has 0 aromatic carbocycles. The summed E-state index contributed by atoms with van der Waals surface area (Å²) in [6.07, 6.45) is -0.430. The van der Waals surface area contributed by atoms with E-state index in [1.165, 1.54) is 0 Å². The molecule has 0 spiro atoms. The van der Waals surface area contributed by atoms with E-state index in [0.29, 0.717) is 63.4 Å². The van der Waals surface area contributed by atoms with Gasteiger partial charge in [-0.25, -0.2) is 4.79 Å². The molecule has 2 fully saturated rings. The van der Waals surface area contributed by atoms with Crippen LogP contribution in [0.4, 0.5) is 0 Å². The molecule has 0 bridgehead atoms. The van der Waals surface area contributed by atoms with Gasteiger partial charge >= 0.3 is 11.7 Å². The van der Waals surface area contributed by atoms with Gasteiger partial charge in [-0.15, -0.1) is 0 Å². The molecule has 0 radical (unpaired) electrons. The van der Waals surface area contributed by atoms with Gasteiger partial charge in [-0.1, -0.05) is 20.8 Å². The smallest absolute Gasteiger partial charge is 0.325 e. The van der Waals surface area contributed by atoms with Crippen LogP contribution in [0.25, 0.3) is 0 Å². The van der Waals surface area contributed by atoms with Gasteiger partial charge in [0.1, 0.15) is 18.1 Å². The molecular formula is C37H64N6O9. The van der Waals surface area contributed by atoms with Crippen molar-refractivity contribution in [2.45, 2.75) is 123 Å². The van der Waals surface area contributed by atoms with Gasteiger partial charge in [-0.3, -0.25) is 29.2 Å². The maximum Gasteiger partial charge on any atom is 0.325 e. The minimum Gasteiger partial charge on any atom is -0.463 e. The normalized spacial score (nSPS) is 34.2. The lowest BCUT2D eigenvalue weighted by molar-refractivity contribution is -0.295. The van der Waals surface area contributed by atoms with Gasteiger partial charge in [-0.2, -0.15) is 0 Å². The number of carbonyl (C=O) groups is 2. The Morgan fingerprint density at radius 2 is 1.81 bits per heavy atom. The van der Waals surface area contributed by atoms with Crippen LogP contribution in [0, 0.1) is 17.3 Å². The third-order valence-corrected chi connectivity index (χ3v) is 11.3. The predicted octanol–water partition coefficient (Wildman–Crippen LogP) is 1.08. The molecule has 1 aromatic heterocycles. The highest BCUT2D eigenvalue weighted by Gasteiger charge is 2.51. The summed E-state index contributed by atoms with van der Waals surface area (Å²) in [5, 5.41) is 14.9. The minimum atomic E-state index is -1.50. The standard InChI is InChI=1S/C37H64N6O9/c1-11-13-43-18-22(2)16-37(7,49-10)31(52-33-29(44)28(41(8)9)15-23(3)51-33)24(4)30(45)36(5,6)34(47)50-20-25(43)17-38-21-42-14-12-27-26(19-42)32(46)40-35(48)39-27/h22-25,28-29,31,33,38,44H,11-21H2,1-10H3,(H2,39,40,46,48)/t22-,23-,24+,25-,28+,29-,31-,33+,37-/m1/s1. The summed E-state index contributed by atoms with van der Waals surface area (Å²) >= 11 is 0. The highest BCUT2D eigenvalue weighted by molar-refractivity contribution is 6.04. The van der Waals surface area contributed by atoms with Gasteiger partial charge in [0.25, 0.3) is 5.56 Å². The number of aromatic amines is 2. The van der Waals surface area contributed by atoms with E-state index in [-0.39, 0.29) is 42.1 Å². The van der Waals surface area contributed by atoms with Crippen molar-refractivity contribution in [3.05, 3.63) is 32.1 Å². The molecule has 15 heteroatoms. The van der Waals surface area contributed by atoms with Crippen molar-refractivity contribution in [1.29, 1.82) is 0 Å². The lowest BCUT2D eigenvalue weighted by Gasteiger charge is -2.47. The maximum atomic E-state index is 14.3. The van der Waals surface area contributed by atoms with E-state index < -0.39 is 47.1 Å². The number of nitrogens with zero attached hydrogens (tertiary/aromatic N) is 3. The largest absolute Gasteiger partial charge is 0.463 e. The zero-order valence-corrected chi connectivity index (χ0v) is 33.0. The molecule has 0 saturated carbocycles. The van der Waals surface area contributed by atoms with E-state index in [0.717, 1.165) is 13.0 Å².